The van der Waals surface area contributed by atoms with E-state index in [2.05, 4.69) is 0 Å². The standard InChI is InChI=1S/C12H19N3O5S/c1-8-7-20-9(6-16)4-15(8)21(18,19)10-3-11(12(13)17)14(2)5-10/h3,5,8-9,16H,4,6-7H2,1-2H3,(H2,13,17). The van der Waals surface area contributed by atoms with E-state index in [1.807, 2.05) is 0 Å². The second-order valence-corrected chi connectivity index (χ2v) is 6.99. The highest BCUT2D eigenvalue weighted by Gasteiger charge is 2.36. The molecule has 1 fully saturated rings. The number of sulfonamides is 1. The van der Waals surface area contributed by atoms with Crippen LogP contribution in [0.3, 0.4) is 0 Å². The first-order valence-corrected chi connectivity index (χ1v) is 7.92. The number of carbonyl (C=O) groups excluding carboxylic acids is 1. The van der Waals surface area contributed by atoms with Gasteiger partial charge in [0.2, 0.25) is 10.0 Å². The van der Waals surface area contributed by atoms with Crippen LogP contribution in [-0.4, -0.2) is 60.2 Å². The summed E-state index contributed by atoms with van der Waals surface area (Å²) in [7, 11) is -2.22. The molecule has 1 aromatic rings. The number of carbonyl (C=O) groups is 1. The second kappa shape index (κ2) is 5.76. The average Bonchev–Trinajstić information content (AvgIpc) is 2.82. The first kappa shape index (κ1) is 16.0. The van der Waals surface area contributed by atoms with Crippen molar-refractivity contribution in [2.75, 3.05) is 19.8 Å². The number of morpholine rings is 1. The molecule has 0 bridgehead atoms. The van der Waals surface area contributed by atoms with Gasteiger partial charge in [0.15, 0.2) is 0 Å². The largest absolute Gasteiger partial charge is 0.394 e. The summed E-state index contributed by atoms with van der Waals surface area (Å²) in [5.41, 5.74) is 5.32. The number of aromatic nitrogens is 1. The van der Waals surface area contributed by atoms with Gasteiger partial charge in [-0.1, -0.05) is 0 Å². The summed E-state index contributed by atoms with van der Waals surface area (Å²) < 4.78 is 33.3. The molecule has 2 heterocycles. The number of amides is 1. The number of aliphatic hydroxyl groups excluding tert-OH is 1. The Bertz CT molecular complexity index is 639. The van der Waals surface area contributed by atoms with Crippen LogP contribution in [0.25, 0.3) is 0 Å². The maximum atomic E-state index is 12.7. The molecule has 8 nitrogen and oxygen atoms in total. The minimum Gasteiger partial charge on any atom is -0.394 e. The Hall–Kier alpha value is -1.42. The van der Waals surface area contributed by atoms with Gasteiger partial charge < -0.3 is 20.1 Å². The van der Waals surface area contributed by atoms with Gasteiger partial charge >= 0.3 is 0 Å². The van der Waals surface area contributed by atoms with Gasteiger partial charge in [-0.2, -0.15) is 4.31 Å². The molecule has 0 radical (unpaired) electrons. The minimum atomic E-state index is -3.78. The topological polar surface area (TPSA) is 115 Å². The molecule has 118 valence electrons. The quantitative estimate of drug-likeness (QED) is 0.731. The first-order valence-electron chi connectivity index (χ1n) is 6.48. The van der Waals surface area contributed by atoms with Crippen molar-refractivity contribution in [1.29, 1.82) is 0 Å². The van der Waals surface area contributed by atoms with Crippen molar-refractivity contribution >= 4 is 15.9 Å². The summed E-state index contributed by atoms with van der Waals surface area (Å²) in [6, 6.07) is 0.906. The number of aliphatic hydroxyl groups is 1. The number of hydrogen-bond donors (Lipinski definition) is 2. The third-order valence-electron chi connectivity index (χ3n) is 3.49. The molecule has 2 rings (SSSR count). The molecule has 0 spiro atoms. The SMILES string of the molecule is CC1COC(CO)CN1S(=O)(=O)c1cc(C(N)=O)n(C)c1. The van der Waals surface area contributed by atoms with Crippen molar-refractivity contribution in [2.24, 2.45) is 12.8 Å². The molecular weight excluding hydrogens is 298 g/mol. The lowest BCUT2D eigenvalue weighted by molar-refractivity contribution is -0.0516. The smallest absolute Gasteiger partial charge is 0.265 e. The summed E-state index contributed by atoms with van der Waals surface area (Å²) in [5, 5.41) is 9.14. The van der Waals surface area contributed by atoms with Crippen LogP contribution in [0.4, 0.5) is 0 Å². The van der Waals surface area contributed by atoms with Crippen molar-refractivity contribution in [3.63, 3.8) is 0 Å². The van der Waals surface area contributed by atoms with Crippen LogP contribution in [-0.2, 0) is 21.8 Å². The summed E-state index contributed by atoms with van der Waals surface area (Å²) in [6.07, 6.45) is 0.807. The monoisotopic (exact) mass is 317 g/mol. The van der Waals surface area contributed by atoms with E-state index in [4.69, 9.17) is 15.6 Å². The van der Waals surface area contributed by atoms with Crippen LogP contribution in [0.5, 0.6) is 0 Å². The number of aryl methyl sites for hydroxylation is 1. The molecule has 1 aromatic heterocycles. The Balaban J connectivity index is 2.36. The molecule has 1 saturated heterocycles. The Morgan fingerprint density at radius 1 is 1.57 bits per heavy atom. The van der Waals surface area contributed by atoms with Gasteiger partial charge in [-0.3, -0.25) is 4.79 Å². The van der Waals surface area contributed by atoms with Gasteiger partial charge in [0.1, 0.15) is 10.6 Å². The molecule has 9 heteroatoms. The maximum Gasteiger partial charge on any atom is 0.265 e. The van der Waals surface area contributed by atoms with Crippen molar-refractivity contribution in [2.45, 2.75) is 24.0 Å². The lowest BCUT2D eigenvalue weighted by Crippen LogP contribution is -2.51. The molecule has 0 aliphatic carbocycles. The van der Waals surface area contributed by atoms with Crippen molar-refractivity contribution in [3.05, 3.63) is 18.0 Å². The Morgan fingerprint density at radius 3 is 2.76 bits per heavy atom. The highest BCUT2D eigenvalue weighted by molar-refractivity contribution is 7.89. The summed E-state index contributed by atoms with van der Waals surface area (Å²) >= 11 is 0. The predicted molar refractivity (Wildman–Crippen MR) is 74.1 cm³/mol. The van der Waals surface area contributed by atoms with E-state index in [1.54, 1.807) is 14.0 Å². The molecule has 0 saturated carbocycles. The number of nitrogens with zero attached hydrogens (tertiary/aromatic N) is 2. The molecule has 1 aliphatic heterocycles. The van der Waals surface area contributed by atoms with E-state index >= 15 is 0 Å². The fourth-order valence-electron chi connectivity index (χ4n) is 2.29. The van der Waals surface area contributed by atoms with Crippen molar-refractivity contribution in [3.8, 4) is 0 Å². The van der Waals surface area contributed by atoms with Gasteiger partial charge in [-0.05, 0) is 13.0 Å². The van der Waals surface area contributed by atoms with E-state index in [9.17, 15) is 13.2 Å². The average molecular weight is 317 g/mol. The first-order chi connectivity index (χ1) is 9.77. The lowest BCUT2D eigenvalue weighted by Gasteiger charge is -2.36. The highest BCUT2D eigenvalue weighted by atomic mass is 32.2. The zero-order valence-corrected chi connectivity index (χ0v) is 12.7. The van der Waals surface area contributed by atoms with Crippen LogP contribution in [0.1, 0.15) is 17.4 Å². The Labute approximate surface area is 123 Å². The molecule has 3 N–H and O–H groups in total. The van der Waals surface area contributed by atoms with Crippen LogP contribution >= 0.6 is 0 Å². The molecular formula is C12H19N3O5S. The number of nitrogens with two attached hydrogens (primary N) is 1. The highest BCUT2D eigenvalue weighted by Crippen LogP contribution is 2.23. The number of ether oxygens (including phenoxy) is 1. The molecule has 1 aliphatic rings. The summed E-state index contributed by atoms with van der Waals surface area (Å²) in [4.78, 5) is 11.2. The summed E-state index contributed by atoms with van der Waals surface area (Å²) in [5.74, 6) is -0.692. The third-order valence-corrected chi connectivity index (χ3v) is 5.44. The summed E-state index contributed by atoms with van der Waals surface area (Å²) in [6.45, 7) is 1.75. The molecule has 1 amide bonds. The predicted octanol–water partition coefficient (Wildman–Crippen LogP) is -1.11. The van der Waals surface area contributed by atoms with E-state index in [0.717, 1.165) is 0 Å². The lowest BCUT2D eigenvalue weighted by atomic mass is 10.2. The van der Waals surface area contributed by atoms with Gasteiger partial charge in [0, 0.05) is 25.8 Å². The molecule has 0 aromatic carbocycles. The van der Waals surface area contributed by atoms with Crippen molar-refractivity contribution < 1.29 is 23.1 Å². The zero-order chi connectivity index (χ0) is 15.8. The normalized spacial score (nSPS) is 24.1. The molecule has 21 heavy (non-hydrogen) atoms. The molecule has 2 atom stereocenters. The van der Waals surface area contributed by atoms with Gasteiger partial charge in [-0.25, -0.2) is 8.42 Å². The zero-order valence-electron chi connectivity index (χ0n) is 11.9. The number of hydrogen-bond acceptors (Lipinski definition) is 5. The minimum absolute atomic E-state index is 0.00393. The van der Waals surface area contributed by atoms with Gasteiger partial charge in [0.25, 0.3) is 5.91 Å². The fourth-order valence-corrected chi connectivity index (χ4v) is 4.01. The van der Waals surface area contributed by atoms with E-state index in [1.165, 1.54) is 21.1 Å². The maximum absolute atomic E-state index is 12.7. The third kappa shape index (κ3) is 2.95. The second-order valence-electron chi connectivity index (χ2n) is 5.10. The Kier molecular flexibility index (Phi) is 4.38. The number of rotatable bonds is 4. The van der Waals surface area contributed by atoms with Gasteiger partial charge in [-0.15, -0.1) is 0 Å². The van der Waals surface area contributed by atoms with Crippen molar-refractivity contribution in [1.82, 2.24) is 8.87 Å². The van der Waals surface area contributed by atoms with Crippen LogP contribution in [0.15, 0.2) is 17.2 Å². The van der Waals surface area contributed by atoms with E-state index in [0.29, 0.717) is 0 Å². The van der Waals surface area contributed by atoms with E-state index < -0.39 is 22.0 Å². The van der Waals surface area contributed by atoms with E-state index in [-0.39, 0.29) is 36.4 Å². The number of primary amides is 1. The van der Waals surface area contributed by atoms with Crippen LogP contribution < -0.4 is 5.73 Å². The Morgan fingerprint density at radius 2 is 2.24 bits per heavy atom. The van der Waals surface area contributed by atoms with Crippen LogP contribution in [0.2, 0.25) is 0 Å². The van der Waals surface area contributed by atoms with Gasteiger partial charge in [0.05, 0.1) is 19.3 Å². The fraction of sp³-hybridized carbons (Fsp3) is 0.583. The molecule has 2 unspecified atom stereocenters. The van der Waals surface area contributed by atoms with Crippen LogP contribution in [0, 0.1) is 0 Å².